The van der Waals surface area contributed by atoms with Crippen molar-refractivity contribution in [3.05, 3.63) is 22.9 Å². The van der Waals surface area contributed by atoms with Crippen LogP contribution in [0.15, 0.2) is 6.20 Å². The third-order valence-electron chi connectivity index (χ3n) is 5.04. The topological polar surface area (TPSA) is 51.1 Å². The highest BCUT2D eigenvalue weighted by Gasteiger charge is 2.49. The first-order valence-electron chi connectivity index (χ1n) is 7.99. The average Bonchev–Trinajstić information content (AvgIpc) is 3.06. The van der Waals surface area contributed by atoms with Gasteiger partial charge in [-0.2, -0.15) is 4.98 Å². The normalized spacial score (nSPS) is 26.9. The van der Waals surface area contributed by atoms with E-state index in [0.29, 0.717) is 30.7 Å². The zero-order chi connectivity index (χ0) is 16.9. The lowest BCUT2D eigenvalue weighted by Gasteiger charge is -2.30. The van der Waals surface area contributed by atoms with E-state index in [1.807, 2.05) is 0 Å². The molecule has 2 atom stereocenters. The maximum atomic E-state index is 14.2. The van der Waals surface area contributed by atoms with Crippen molar-refractivity contribution in [2.75, 3.05) is 19.7 Å². The number of fused-ring (bicyclic) bond motifs is 2. The summed E-state index contributed by atoms with van der Waals surface area (Å²) in [5.74, 6) is -0.685. The number of nitrogens with zero attached hydrogens (tertiary/aromatic N) is 4. The second-order valence-electron chi connectivity index (χ2n) is 6.58. The molecule has 2 aliphatic rings. The van der Waals surface area contributed by atoms with Crippen LogP contribution in [0.5, 0.6) is 6.01 Å². The Morgan fingerprint density at radius 1 is 1.46 bits per heavy atom. The highest BCUT2D eigenvalue weighted by Crippen LogP contribution is 2.40. The van der Waals surface area contributed by atoms with Gasteiger partial charge in [0.2, 0.25) is 0 Å². The van der Waals surface area contributed by atoms with E-state index >= 15 is 0 Å². The summed E-state index contributed by atoms with van der Waals surface area (Å²) in [5.41, 5.74) is 0.356. The van der Waals surface area contributed by atoms with Crippen LogP contribution in [0, 0.1) is 12.7 Å². The maximum Gasteiger partial charge on any atom is 0.317 e. The molecule has 24 heavy (non-hydrogen) atoms. The Labute approximate surface area is 143 Å². The van der Waals surface area contributed by atoms with E-state index < -0.39 is 12.0 Å². The number of ether oxygens (including phenoxy) is 1. The molecule has 128 valence electrons. The Morgan fingerprint density at radius 2 is 2.29 bits per heavy atom. The van der Waals surface area contributed by atoms with Gasteiger partial charge in [0.15, 0.2) is 11.0 Å². The summed E-state index contributed by atoms with van der Waals surface area (Å²) >= 11 is 5.78. The first-order valence-corrected chi connectivity index (χ1v) is 8.37. The second kappa shape index (κ2) is 5.74. The van der Waals surface area contributed by atoms with Crippen LogP contribution >= 0.6 is 11.6 Å². The lowest BCUT2D eigenvalue weighted by Crippen LogP contribution is -2.43. The van der Waals surface area contributed by atoms with Gasteiger partial charge in [0.1, 0.15) is 18.3 Å². The van der Waals surface area contributed by atoms with E-state index in [2.05, 4.69) is 19.9 Å². The fourth-order valence-electron chi connectivity index (χ4n) is 3.87. The highest BCUT2D eigenvalue weighted by atomic mass is 35.5. The fourth-order valence-corrected chi connectivity index (χ4v) is 4.09. The summed E-state index contributed by atoms with van der Waals surface area (Å²) in [7, 11) is 0. The van der Waals surface area contributed by atoms with Crippen LogP contribution in [0.1, 0.15) is 25.0 Å². The first kappa shape index (κ1) is 15.9. The number of halogens is 3. The van der Waals surface area contributed by atoms with E-state index in [1.165, 1.54) is 6.20 Å². The van der Waals surface area contributed by atoms with Crippen LogP contribution in [-0.4, -0.2) is 51.3 Å². The number of aromatic nitrogens is 3. The minimum Gasteiger partial charge on any atom is -0.461 e. The van der Waals surface area contributed by atoms with Gasteiger partial charge >= 0.3 is 6.01 Å². The quantitative estimate of drug-likeness (QED) is 0.793. The molecule has 4 heterocycles. The number of alkyl halides is 1. The molecular formula is C16H17ClF2N4O. The summed E-state index contributed by atoms with van der Waals surface area (Å²) in [4.78, 5) is 14.3. The van der Waals surface area contributed by atoms with Crippen molar-refractivity contribution in [3.63, 3.8) is 0 Å². The molecule has 2 aliphatic heterocycles. The molecule has 0 saturated carbocycles. The summed E-state index contributed by atoms with van der Waals surface area (Å²) in [6.45, 7) is 3.36. The molecule has 0 aliphatic carbocycles. The van der Waals surface area contributed by atoms with Gasteiger partial charge in [0.05, 0.1) is 11.2 Å². The Balaban J connectivity index is 1.60. The van der Waals surface area contributed by atoms with Gasteiger partial charge < -0.3 is 4.74 Å². The van der Waals surface area contributed by atoms with Gasteiger partial charge in [-0.1, -0.05) is 11.6 Å². The number of pyridine rings is 1. The number of aryl methyl sites for hydroxylation is 1. The van der Waals surface area contributed by atoms with Gasteiger partial charge in [0, 0.05) is 24.5 Å². The number of hydrogen-bond acceptors (Lipinski definition) is 5. The molecule has 4 rings (SSSR count). The van der Waals surface area contributed by atoms with Crippen LogP contribution < -0.4 is 4.74 Å². The van der Waals surface area contributed by atoms with Crippen LogP contribution in [0.4, 0.5) is 8.78 Å². The summed E-state index contributed by atoms with van der Waals surface area (Å²) in [5, 5.41) is 0.274. The minimum atomic E-state index is -0.823. The van der Waals surface area contributed by atoms with Crippen LogP contribution in [0.2, 0.25) is 5.15 Å². The summed E-state index contributed by atoms with van der Waals surface area (Å²) in [6, 6.07) is 0.0756. The van der Waals surface area contributed by atoms with E-state index in [-0.39, 0.29) is 22.2 Å². The highest BCUT2D eigenvalue weighted by molar-refractivity contribution is 6.30. The van der Waals surface area contributed by atoms with Crippen molar-refractivity contribution in [3.8, 4) is 6.01 Å². The minimum absolute atomic E-state index is 0.0756. The van der Waals surface area contributed by atoms with Crippen molar-refractivity contribution in [1.82, 2.24) is 19.9 Å². The van der Waals surface area contributed by atoms with Crippen molar-refractivity contribution in [2.24, 2.45) is 0 Å². The molecular weight excluding hydrogens is 338 g/mol. The molecule has 0 radical (unpaired) electrons. The van der Waals surface area contributed by atoms with Crippen molar-refractivity contribution >= 4 is 22.5 Å². The summed E-state index contributed by atoms with van der Waals surface area (Å²) in [6.07, 6.45) is 3.05. The average molecular weight is 355 g/mol. The molecule has 0 unspecified atom stereocenters. The standard InChI is InChI=1S/C16H17ClF2N4O/c1-9-11-6-20-15(22-13(11)12(19)14(17)21-9)24-8-16-3-2-4-23(16)7-10(18)5-16/h6,10H,2-5,7-8H2,1H3/t10-,16+/m1/s1. The SMILES string of the molecule is Cc1nc(Cl)c(F)c2nc(OC[C@@]34CCCN3C[C@H](F)C4)ncc12. The third-order valence-corrected chi connectivity index (χ3v) is 5.29. The van der Waals surface area contributed by atoms with Crippen molar-refractivity contribution < 1.29 is 13.5 Å². The third kappa shape index (κ3) is 2.50. The molecule has 2 aromatic heterocycles. The predicted octanol–water partition coefficient (Wildman–Crippen LogP) is 3.08. The van der Waals surface area contributed by atoms with Gasteiger partial charge in [-0.05, 0) is 26.3 Å². The molecule has 0 bridgehead atoms. The van der Waals surface area contributed by atoms with Gasteiger partial charge in [-0.25, -0.2) is 18.7 Å². The molecule has 0 amide bonds. The Hall–Kier alpha value is -1.60. The molecule has 2 fully saturated rings. The molecule has 8 heteroatoms. The van der Waals surface area contributed by atoms with Gasteiger partial charge in [-0.3, -0.25) is 4.90 Å². The van der Waals surface area contributed by atoms with Crippen LogP contribution in [0.3, 0.4) is 0 Å². The Kier molecular flexibility index (Phi) is 3.80. The largest absolute Gasteiger partial charge is 0.461 e. The first-order chi connectivity index (χ1) is 11.5. The Morgan fingerprint density at radius 3 is 3.12 bits per heavy atom. The second-order valence-corrected chi connectivity index (χ2v) is 6.94. The monoisotopic (exact) mass is 354 g/mol. The molecule has 5 nitrogen and oxygen atoms in total. The molecule has 0 spiro atoms. The smallest absolute Gasteiger partial charge is 0.317 e. The molecule has 0 N–H and O–H groups in total. The lowest BCUT2D eigenvalue weighted by atomic mass is 9.95. The van der Waals surface area contributed by atoms with Gasteiger partial charge in [0.25, 0.3) is 0 Å². The maximum absolute atomic E-state index is 14.2. The predicted molar refractivity (Wildman–Crippen MR) is 85.6 cm³/mol. The van der Waals surface area contributed by atoms with Crippen LogP contribution in [0.25, 0.3) is 10.9 Å². The molecule has 2 saturated heterocycles. The number of rotatable bonds is 3. The molecule has 2 aromatic rings. The van der Waals surface area contributed by atoms with Gasteiger partial charge in [-0.15, -0.1) is 0 Å². The Bertz CT molecular complexity index is 805. The molecule has 0 aromatic carbocycles. The zero-order valence-electron chi connectivity index (χ0n) is 13.2. The van der Waals surface area contributed by atoms with E-state index in [9.17, 15) is 8.78 Å². The lowest BCUT2D eigenvalue weighted by molar-refractivity contribution is 0.107. The van der Waals surface area contributed by atoms with E-state index in [4.69, 9.17) is 16.3 Å². The van der Waals surface area contributed by atoms with Crippen molar-refractivity contribution in [1.29, 1.82) is 0 Å². The van der Waals surface area contributed by atoms with Crippen LogP contribution in [-0.2, 0) is 0 Å². The van der Waals surface area contributed by atoms with E-state index in [0.717, 1.165) is 19.4 Å². The fraction of sp³-hybridized carbons (Fsp3) is 0.562. The van der Waals surface area contributed by atoms with Crippen molar-refractivity contribution in [2.45, 2.75) is 37.9 Å². The summed E-state index contributed by atoms with van der Waals surface area (Å²) < 4.78 is 33.7. The van der Waals surface area contributed by atoms with E-state index in [1.54, 1.807) is 6.92 Å². The number of hydrogen-bond donors (Lipinski definition) is 0. The zero-order valence-corrected chi connectivity index (χ0v) is 14.0.